The average Bonchev–Trinajstić information content (AvgIpc) is 2.94. The first-order valence-electron chi connectivity index (χ1n) is 9.47. The van der Waals surface area contributed by atoms with Crippen LogP contribution in [0.4, 0.5) is 0 Å². The van der Waals surface area contributed by atoms with Gasteiger partial charge in [0.1, 0.15) is 18.9 Å². The van der Waals surface area contributed by atoms with Gasteiger partial charge in [0.2, 0.25) is 0 Å². The van der Waals surface area contributed by atoms with Crippen molar-refractivity contribution in [3.63, 3.8) is 0 Å². The lowest BCUT2D eigenvalue weighted by atomic mass is 10.1. The molecule has 2 rings (SSSR count). The number of unbranched alkanes of at least 4 members (excludes halogenated alkanes) is 6. The second-order valence-corrected chi connectivity index (χ2v) is 6.83. The molecular weight excluding hydrogens is 312 g/mol. The zero-order valence-corrected chi connectivity index (χ0v) is 15.6. The fourth-order valence-corrected chi connectivity index (χ4v) is 3.21. The molecule has 0 fully saturated rings. The number of aryl methyl sites for hydroxylation is 1. The summed E-state index contributed by atoms with van der Waals surface area (Å²) >= 11 is 0. The first kappa shape index (κ1) is 19.2. The molecule has 0 amide bonds. The van der Waals surface area contributed by atoms with Gasteiger partial charge in [-0.2, -0.15) is 0 Å². The lowest BCUT2D eigenvalue weighted by Gasteiger charge is -2.05. The number of imidazole rings is 1. The number of carboxylic acid groups (broad SMARTS) is 1. The fraction of sp³-hybridized carbons (Fsp3) is 0.524. The molecule has 0 saturated heterocycles. The highest BCUT2D eigenvalue weighted by Gasteiger charge is 2.14. The summed E-state index contributed by atoms with van der Waals surface area (Å²) in [6.07, 6.45) is 14.5. The van der Waals surface area contributed by atoms with Gasteiger partial charge in [0.25, 0.3) is 5.82 Å². The van der Waals surface area contributed by atoms with E-state index >= 15 is 0 Å². The average molecular weight is 343 g/mol. The molecule has 0 aliphatic heterocycles. The lowest BCUT2D eigenvalue weighted by Crippen LogP contribution is -2.32. The van der Waals surface area contributed by atoms with Crippen molar-refractivity contribution in [2.75, 3.05) is 0 Å². The van der Waals surface area contributed by atoms with Crippen molar-refractivity contribution in [1.29, 1.82) is 0 Å². The van der Waals surface area contributed by atoms with E-state index in [2.05, 4.69) is 35.5 Å². The van der Waals surface area contributed by atoms with Crippen molar-refractivity contribution < 1.29 is 14.5 Å². The summed E-state index contributed by atoms with van der Waals surface area (Å²) in [6, 6.07) is 7.16. The number of benzene rings is 1. The van der Waals surface area contributed by atoms with Gasteiger partial charge in [-0.25, -0.2) is 13.9 Å². The summed E-state index contributed by atoms with van der Waals surface area (Å²) in [5, 5.41) is 8.99. The van der Waals surface area contributed by atoms with E-state index < -0.39 is 5.97 Å². The number of nitrogens with zero attached hydrogens (tertiary/aromatic N) is 2. The Labute approximate surface area is 151 Å². The number of carboxylic acids is 1. The van der Waals surface area contributed by atoms with Gasteiger partial charge in [-0.1, -0.05) is 57.6 Å². The second-order valence-electron chi connectivity index (χ2n) is 6.83. The van der Waals surface area contributed by atoms with Crippen LogP contribution < -0.4 is 4.57 Å². The molecule has 4 heteroatoms. The molecule has 0 spiro atoms. The normalized spacial score (nSPS) is 11.0. The lowest BCUT2D eigenvalue weighted by molar-refractivity contribution is -0.678. The second kappa shape index (κ2) is 10.0. The van der Waals surface area contributed by atoms with Gasteiger partial charge in [0.15, 0.2) is 0 Å². The van der Waals surface area contributed by atoms with Crippen LogP contribution in [0, 0.1) is 0 Å². The highest BCUT2D eigenvalue weighted by atomic mass is 16.4. The van der Waals surface area contributed by atoms with E-state index in [1.54, 1.807) is 12.1 Å². The molecule has 1 aromatic heterocycles. The largest absolute Gasteiger partial charge is 0.478 e. The summed E-state index contributed by atoms with van der Waals surface area (Å²) in [6.45, 7) is 3.04. The van der Waals surface area contributed by atoms with Gasteiger partial charge in [0, 0.05) is 6.42 Å². The maximum absolute atomic E-state index is 10.9. The number of aromatic carboxylic acids is 1. The van der Waals surface area contributed by atoms with Crippen molar-refractivity contribution in [1.82, 2.24) is 4.57 Å². The van der Waals surface area contributed by atoms with Crippen LogP contribution in [0.5, 0.6) is 0 Å². The van der Waals surface area contributed by atoms with Crippen molar-refractivity contribution in [3.8, 4) is 0 Å². The standard InChI is InChI=1S/C21H30N2O2/c1-3-4-5-6-7-8-9-10-20-22(2)15-16-23(20)17-18-11-13-19(14-12-18)21(24)25/h11-16H,3-10,17H2,1-2H3/p+1. The zero-order valence-electron chi connectivity index (χ0n) is 15.6. The molecule has 0 unspecified atom stereocenters. The van der Waals surface area contributed by atoms with Gasteiger partial charge >= 0.3 is 5.97 Å². The number of carbonyl (C=O) groups is 1. The maximum Gasteiger partial charge on any atom is 0.335 e. The Morgan fingerprint density at radius 2 is 1.68 bits per heavy atom. The van der Waals surface area contributed by atoms with Crippen LogP contribution in [0.25, 0.3) is 0 Å². The van der Waals surface area contributed by atoms with E-state index in [4.69, 9.17) is 5.11 Å². The summed E-state index contributed by atoms with van der Waals surface area (Å²) in [4.78, 5) is 10.9. The van der Waals surface area contributed by atoms with Crippen molar-refractivity contribution in [2.45, 2.75) is 64.8 Å². The van der Waals surface area contributed by atoms with Gasteiger partial charge in [0.05, 0.1) is 12.6 Å². The molecule has 0 saturated carbocycles. The Kier molecular flexibility index (Phi) is 7.71. The zero-order chi connectivity index (χ0) is 18.1. The maximum atomic E-state index is 10.9. The Hall–Kier alpha value is -2.10. The Balaban J connectivity index is 1.86. The molecule has 2 aromatic rings. The highest BCUT2D eigenvalue weighted by molar-refractivity contribution is 5.87. The minimum Gasteiger partial charge on any atom is -0.478 e. The van der Waals surface area contributed by atoms with E-state index in [1.165, 1.54) is 50.8 Å². The van der Waals surface area contributed by atoms with Crippen LogP contribution in [-0.4, -0.2) is 15.6 Å². The number of hydrogen-bond acceptors (Lipinski definition) is 1. The number of aromatic nitrogens is 2. The molecule has 0 aliphatic carbocycles. The smallest absolute Gasteiger partial charge is 0.335 e. The topological polar surface area (TPSA) is 46.1 Å². The van der Waals surface area contributed by atoms with E-state index in [-0.39, 0.29) is 0 Å². The molecule has 0 atom stereocenters. The van der Waals surface area contributed by atoms with Crippen LogP contribution in [0.15, 0.2) is 36.7 Å². The number of hydrogen-bond donors (Lipinski definition) is 1. The summed E-state index contributed by atoms with van der Waals surface area (Å²) < 4.78 is 4.47. The summed E-state index contributed by atoms with van der Waals surface area (Å²) in [5.74, 6) is 0.453. The van der Waals surface area contributed by atoms with Crippen LogP contribution >= 0.6 is 0 Å². The minimum absolute atomic E-state index is 0.338. The molecule has 136 valence electrons. The molecule has 25 heavy (non-hydrogen) atoms. The molecule has 1 N–H and O–H groups in total. The Morgan fingerprint density at radius 3 is 2.32 bits per heavy atom. The van der Waals surface area contributed by atoms with E-state index in [0.717, 1.165) is 18.5 Å². The molecule has 1 heterocycles. The predicted molar refractivity (Wildman–Crippen MR) is 99.8 cm³/mol. The summed E-state index contributed by atoms with van der Waals surface area (Å²) in [5.41, 5.74) is 1.46. The molecule has 0 radical (unpaired) electrons. The fourth-order valence-electron chi connectivity index (χ4n) is 3.21. The minimum atomic E-state index is -0.876. The molecule has 1 aromatic carbocycles. The van der Waals surface area contributed by atoms with Gasteiger partial charge in [-0.05, 0) is 24.1 Å². The third kappa shape index (κ3) is 6.04. The monoisotopic (exact) mass is 343 g/mol. The molecule has 4 nitrogen and oxygen atoms in total. The highest BCUT2D eigenvalue weighted by Crippen LogP contribution is 2.11. The van der Waals surface area contributed by atoms with Crippen LogP contribution in [0.1, 0.15) is 73.6 Å². The quantitative estimate of drug-likeness (QED) is 0.487. The van der Waals surface area contributed by atoms with Crippen LogP contribution in [0.2, 0.25) is 0 Å². The van der Waals surface area contributed by atoms with Crippen LogP contribution in [-0.2, 0) is 20.0 Å². The first-order valence-corrected chi connectivity index (χ1v) is 9.47. The SMILES string of the molecule is CCCCCCCCCc1n(Cc2ccc(C(=O)O)cc2)cc[n+]1C. The third-order valence-electron chi connectivity index (χ3n) is 4.77. The van der Waals surface area contributed by atoms with Gasteiger partial charge in [-0.15, -0.1) is 0 Å². The van der Waals surface area contributed by atoms with E-state index in [9.17, 15) is 4.79 Å². The Morgan fingerprint density at radius 1 is 1.04 bits per heavy atom. The van der Waals surface area contributed by atoms with E-state index in [0.29, 0.717) is 5.56 Å². The predicted octanol–water partition coefficient (Wildman–Crippen LogP) is 4.35. The Bertz CT molecular complexity index is 659. The summed E-state index contributed by atoms with van der Waals surface area (Å²) in [7, 11) is 2.10. The van der Waals surface area contributed by atoms with E-state index in [1.807, 2.05) is 12.1 Å². The van der Waals surface area contributed by atoms with Crippen LogP contribution in [0.3, 0.4) is 0 Å². The third-order valence-corrected chi connectivity index (χ3v) is 4.77. The molecular formula is C21H31N2O2+. The van der Waals surface area contributed by atoms with Crippen molar-refractivity contribution >= 4 is 5.97 Å². The molecule has 0 bridgehead atoms. The van der Waals surface area contributed by atoms with Gasteiger partial charge < -0.3 is 5.11 Å². The first-order chi connectivity index (χ1) is 12.1. The molecule has 0 aliphatic rings. The van der Waals surface area contributed by atoms with Crippen molar-refractivity contribution in [2.24, 2.45) is 7.05 Å². The van der Waals surface area contributed by atoms with Gasteiger partial charge in [-0.3, -0.25) is 0 Å². The van der Waals surface area contributed by atoms with Crippen molar-refractivity contribution in [3.05, 3.63) is 53.6 Å². The number of rotatable bonds is 11.